The van der Waals surface area contributed by atoms with Crippen LogP contribution in [-0.4, -0.2) is 41.5 Å². The standard InChI is InChI=1S/C20H35NO4/c1-2-3-4-5-16(22)6-7-17-18-11-14(8-9-25-13-20(21)24)10-15(18)12-19(17)23/h6-7,14-19,22-23H,2-5,8-13H2,1H3,(H2,21,24)/t14?,15-,16?,17-,18+,19-/m0/s1. The van der Waals surface area contributed by atoms with Gasteiger partial charge in [-0.3, -0.25) is 4.79 Å². The van der Waals surface area contributed by atoms with E-state index in [1.165, 1.54) is 0 Å². The molecule has 2 aliphatic carbocycles. The molecule has 2 aliphatic rings. The highest BCUT2D eigenvalue weighted by Gasteiger charge is 2.46. The lowest BCUT2D eigenvalue weighted by Crippen LogP contribution is -2.20. The van der Waals surface area contributed by atoms with Crippen LogP contribution in [-0.2, 0) is 9.53 Å². The van der Waals surface area contributed by atoms with Crippen molar-refractivity contribution in [1.29, 1.82) is 0 Å². The Balaban J connectivity index is 1.76. The summed E-state index contributed by atoms with van der Waals surface area (Å²) in [6, 6.07) is 0. The van der Waals surface area contributed by atoms with E-state index < -0.39 is 12.0 Å². The number of aliphatic hydroxyl groups excluding tert-OH is 2. The van der Waals surface area contributed by atoms with Crippen molar-refractivity contribution >= 4 is 5.91 Å². The number of aliphatic hydroxyl groups is 2. The van der Waals surface area contributed by atoms with Gasteiger partial charge in [-0.25, -0.2) is 0 Å². The van der Waals surface area contributed by atoms with Gasteiger partial charge in [0.15, 0.2) is 0 Å². The maximum atomic E-state index is 10.7. The molecule has 144 valence electrons. The van der Waals surface area contributed by atoms with E-state index in [1.54, 1.807) is 0 Å². The molecule has 0 saturated heterocycles. The number of carbonyl (C=O) groups is 1. The van der Waals surface area contributed by atoms with Crippen molar-refractivity contribution in [1.82, 2.24) is 0 Å². The Bertz CT molecular complexity index is 439. The summed E-state index contributed by atoms with van der Waals surface area (Å²) in [5.41, 5.74) is 5.07. The smallest absolute Gasteiger partial charge is 0.243 e. The van der Waals surface area contributed by atoms with Crippen LogP contribution in [0.3, 0.4) is 0 Å². The lowest BCUT2D eigenvalue weighted by Gasteiger charge is -2.19. The number of ether oxygens (including phenoxy) is 1. The SMILES string of the molecule is CCCCCC(O)C=C[C@H]1[C@@H]2CC(CCOCC(N)=O)C[C@H]2C[C@@H]1O. The fraction of sp³-hybridized carbons (Fsp3) is 0.850. The van der Waals surface area contributed by atoms with E-state index in [0.29, 0.717) is 24.4 Å². The molecule has 5 heteroatoms. The molecule has 2 rings (SSSR count). The van der Waals surface area contributed by atoms with Crippen molar-refractivity contribution in [3.63, 3.8) is 0 Å². The van der Waals surface area contributed by atoms with Crippen LogP contribution < -0.4 is 5.73 Å². The Kier molecular flexibility index (Phi) is 8.40. The molecule has 0 radical (unpaired) electrons. The topological polar surface area (TPSA) is 92.8 Å². The number of nitrogens with two attached hydrogens (primary N) is 1. The summed E-state index contributed by atoms with van der Waals surface area (Å²) in [4.78, 5) is 10.7. The van der Waals surface area contributed by atoms with E-state index in [1.807, 2.05) is 6.08 Å². The number of hydrogen-bond donors (Lipinski definition) is 3. The second-order valence-corrected chi connectivity index (χ2v) is 7.90. The highest BCUT2D eigenvalue weighted by Crippen LogP contribution is 2.51. The molecule has 0 heterocycles. The molecule has 5 nitrogen and oxygen atoms in total. The summed E-state index contributed by atoms with van der Waals surface area (Å²) in [7, 11) is 0. The molecule has 0 spiro atoms. The predicted octanol–water partition coefficient (Wildman–Crippen LogP) is 2.40. The van der Waals surface area contributed by atoms with Gasteiger partial charge in [0, 0.05) is 12.5 Å². The van der Waals surface area contributed by atoms with E-state index in [2.05, 4.69) is 13.0 Å². The maximum absolute atomic E-state index is 10.7. The van der Waals surface area contributed by atoms with Gasteiger partial charge in [0.2, 0.25) is 5.91 Å². The number of fused-ring (bicyclic) bond motifs is 1. The third kappa shape index (κ3) is 6.39. The second-order valence-electron chi connectivity index (χ2n) is 7.90. The van der Waals surface area contributed by atoms with Crippen LogP contribution in [0.4, 0.5) is 0 Å². The van der Waals surface area contributed by atoms with Gasteiger partial charge >= 0.3 is 0 Å². The van der Waals surface area contributed by atoms with E-state index >= 15 is 0 Å². The van der Waals surface area contributed by atoms with Crippen LogP contribution in [0.5, 0.6) is 0 Å². The van der Waals surface area contributed by atoms with Crippen LogP contribution in [0, 0.1) is 23.7 Å². The fourth-order valence-electron chi connectivity index (χ4n) is 4.66. The normalized spacial score (nSPS) is 33.0. The molecule has 0 aromatic heterocycles. The quantitative estimate of drug-likeness (QED) is 0.393. The number of unbranched alkanes of at least 4 members (excludes halogenated alkanes) is 2. The van der Waals surface area contributed by atoms with E-state index in [9.17, 15) is 15.0 Å². The zero-order chi connectivity index (χ0) is 18.2. The zero-order valence-corrected chi connectivity index (χ0v) is 15.5. The third-order valence-corrected chi connectivity index (χ3v) is 5.90. The Hall–Kier alpha value is -0.910. The Morgan fingerprint density at radius 1 is 1.32 bits per heavy atom. The van der Waals surface area contributed by atoms with E-state index in [4.69, 9.17) is 10.5 Å². The number of hydrogen-bond acceptors (Lipinski definition) is 4. The van der Waals surface area contributed by atoms with Crippen molar-refractivity contribution < 1.29 is 19.7 Å². The van der Waals surface area contributed by atoms with Crippen molar-refractivity contribution in [2.45, 2.75) is 70.5 Å². The minimum Gasteiger partial charge on any atom is -0.392 e. The molecule has 25 heavy (non-hydrogen) atoms. The number of rotatable bonds is 11. The number of amides is 1. The van der Waals surface area contributed by atoms with Gasteiger partial charge < -0.3 is 20.7 Å². The van der Waals surface area contributed by atoms with Crippen LogP contribution in [0.25, 0.3) is 0 Å². The largest absolute Gasteiger partial charge is 0.392 e. The van der Waals surface area contributed by atoms with Gasteiger partial charge in [-0.2, -0.15) is 0 Å². The first-order valence-electron chi connectivity index (χ1n) is 9.91. The van der Waals surface area contributed by atoms with Crippen LogP contribution in [0.2, 0.25) is 0 Å². The molecular weight excluding hydrogens is 318 g/mol. The molecule has 0 aromatic carbocycles. The molecule has 2 saturated carbocycles. The molecule has 0 bridgehead atoms. The van der Waals surface area contributed by atoms with Crippen molar-refractivity contribution in [3.05, 3.63) is 12.2 Å². The van der Waals surface area contributed by atoms with Crippen molar-refractivity contribution in [3.8, 4) is 0 Å². The first kappa shape index (κ1) is 20.4. The number of primary amides is 1. The molecule has 2 unspecified atom stereocenters. The summed E-state index contributed by atoms with van der Waals surface area (Å²) in [5, 5.41) is 20.5. The van der Waals surface area contributed by atoms with Gasteiger partial charge in [-0.15, -0.1) is 0 Å². The molecule has 4 N–H and O–H groups in total. The fourth-order valence-corrected chi connectivity index (χ4v) is 4.66. The molecule has 1 amide bonds. The van der Waals surface area contributed by atoms with Crippen molar-refractivity contribution in [2.24, 2.45) is 29.4 Å². The van der Waals surface area contributed by atoms with Crippen LogP contribution >= 0.6 is 0 Å². The average molecular weight is 354 g/mol. The number of carbonyl (C=O) groups excluding carboxylic acids is 1. The molecular formula is C20H35NO4. The van der Waals surface area contributed by atoms with Gasteiger partial charge in [0.05, 0.1) is 12.2 Å². The Morgan fingerprint density at radius 2 is 2.12 bits per heavy atom. The first-order valence-corrected chi connectivity index (χ1v) is 9.91. The van der Waals surface area contributed by atoms with Crippen LogP contribution in [0.15, 0.2) is 12.2 Å². The van der Waals surface area contributed by atoms with Gasteiger partial charge in [-0.05, 0) is 49.9 Å². The first-order chi connectivity index (χ1) is 12.0. The molecule has 0 aliphatic heterocycles. The summed E-state index contributed by atoms with van der Waals surface area (Å²) in [6.07, 6.45) is 11.5. The summed E-state index contributed by atoms with van der Waals surface area (Å²) in [6.45, 7) is 2.73. The van der Waals surface area contributed by atoms with E-state index in [0.717, 1.165) is 51.4 Å². The maximum Gasteiger partial charge on any atom is 0.243 e. The predicted molar refractivity (Wildman–Crippen MR) is 97.7 cm³/mol. The minimum atomic E-state index is -0.422. The van der Waals surface area contributed by atoms with Gasteiger partial charge in [0.1, 0.15) is 6.61 Å². The molecule has 2 fully saturated rings. The Labute approximate surface area is 151 Å². The molecule has 6 atom stereocenters. The summed E-state index contributed by atoms with van der Waals surface area (Å²) in [5.74, 6) is 1.43. The average Bonchev–Trinajstić information content (AvgIpc) is 3.06. The summed E-state index contributed by atoms with van der Waals surface area (Å²) >= 11 is 0. The van der Waals surface area contributed by atoms with Gasteiger partial charge in [-0.1, -0.05) is 38.3 Å². The summed E-state index contributed by atoms with van der Waals surface area (Å²) < 4.78 is 5.28. The third-order valence-electron chi connectivity index (χ3n) is 5.90. The molecule has 0 aromatic rings. The van der Waals surface area contributed by atoms with Crippen molar-refractivity contribution in [2.75, 3.05) is 13.2 Å². The lowest BCUT2D eigenvalue weighted by molar-refractivity contribution is -0.122. The highest BCUT2D eigenvalue weighted by atomic mass is 16.5. The lowest BCUT2D eigenvalue weighted by atomic mass is 9.89. The van der Waals surface area contributed by atoms with Crippen LogP contribution in [0.1, 0.15) is 58.3 Å². The monoisotopic (exact) mass is 353 g/mol. The highest BCUT2D eigenvalue weighted by molar-refractivity contribution is 5.74. The van der Waals surface area contributed by atoms with E-state index in [-0.39, 0.29) is 18.6 Å². The zero-order valence-electron chi connectivity index (χ0n) is 15.5. The minimum absolute atomic E-state index is 0.000423. The Morgan fingerprint density at radius 3 is 2.84 bits per heavy atom. The van der Waals surface area contributed by atoms with Gasteiger partial charge in [0.25, 0.3) is 0 Å². The second kappa shape index (κ2) is 10.3.